The van der Waals surface area contributed by atoms with Crippen molar-refractivity contribution in [2.24, 2.45) is 5.92 Å². The summed E-state index contributed by atoms with van der Waals surface area (Å²) >= 11 is 1.74. The molecule has 6 nitrogen and oxygen atoms in total. The summed E-state index contributed by atoms with van der Waals surface area (Å²) in [5.74, 6) is 1.41. The van der Waals surface area contributed by atoms with E-state index in [1.54, 1.807) is 23.7 Å². The molecule has 0 aromatic carbocycles. The molecule has 1 saturated heterocycles. The zero-order valence-corrected chi connectivity index (χ0v) is 14.2. The predicted molar refractivity (Wildman–Crippen MR) is 93.4 cm³/mol. The van der Waals surface area contributed by atoms with Crippen LogP contribution >= 0.6 is 11.3 Å². The normalized spacial score (nSPS) is 18.8. The summed E-state index contributed by atoms with van der Waals surface area (Å²) in [6.07, 6.45) is 12.6. The molecule has 1 atom stereocenters. The number of nitrogens with zero attached hydrogens (tertiary/aromatic N) is 5. The summed E-state index contributed by atoms with van der Waals surface area (Å²) in [5, 5.41) is 0. The van der Waals surface area contributed by atoms with E-state index in [4.69, 9.17) is 4.98 Å². The molecule has 0 unspecified atom stereocenters. The Hall–Kier alpha value is -2.12. The second-order valence-corrected chi connectivity index (χ2v) is 7.22. The van der Waals surface area contributed by atoms with Gasteiger partial charge in [-0.1, -0.05) is 0 Å². The molecule has 0 saturated carbocycles. The molecular formula is C17H20N6S. The summed E-state index contributed by atoms with van der Waals surface area (Å²) in [6, 6.07) is 0. The number of piperidine rings is 1. The van der Waals surface area contributed by atoms with E-state index in [2.05, 4.69) is 24.8 Å². The lowest BCUT2D eigenvalue weighted by molar-refractivity contribution is 0.167. The van der Waals surface area contributed by atoms with Crippen LogP contribution in [0.15, 0.2) is 36.5 Å². The van der Waals surface area contributed by atoms with Gasteiger partial charge in [-0.25, -0.2) is 9.97 Å². The topological polar surface area (TPSA) is 70.6 Å². The third-order valence-electron chi connectivity index (χ3n) is 4.39. The van der Waals surface area contributed by atoms with Crippen molar-refractivity contribution >= 4 is 11.3 Å². The van der Waals surface area contributed by atoms with Crippen molar-refractivity contribution in [1.82, 2.24) is 29.8 Å². The summed E-state index contributed by atoms with van der Waals surface area (Å²) in [7, 11) is 0. The molecule has 1 fully saturated rings. The smallest absolute Gasteiger partial charge is 0.157 e. The first-order valence-corrected chi connectivity index (χ1v) is 9.15. The molecule has 1 aliphatic heterocycles. The van der Waals surface area contributed by atoms with Crippen LogP contribution in [0.3, 0.4) is 0 Å². The van der Waals surface area contributed by atoms with Crippen LogP contribution in [0.25, 0.3) is 11.5 Å². The Bertz CT molecular complexity index is 755. The summed E-state index contributed by atoms with van der Waals surface area (Å²) in [4.78, 5) is 24.5. The second-order valence-electron chi connectivity index (χ2n) is 6.25. The maximum absolute atomic E-state index is 4.73. The number of nitrogens with one attached hydrogen (secondary N) is 1. The molecule has 3 aromatic rings. The van der Waals surface area contributed by atoms with Gasteiger partial charge >= 0.3 is 0 Å². The number of hydrogen-bond acceptors (Lipinski definition) is 6. The van der Waals surface area contributed by atoms with Crippen LogP contribution in [0.2, 0.25) is 0 Å². The molecule has 4 heterocycles. The van der Waals surface area contributed by atoms with Gasteiger partial charge in [-0.3, -0.25) is 14.9 Å². The predicted octanol–water partition coefficient (Wildman–Crippen LogP) is 2.78. The molecule has 1 N–H and O–H groups in total. The molecule has 0 spiro atoms. The minimum atomic E-state index is 0.632. The van der Waals surface area contributed by atoms with E-state index in [-0.39, 0.29) is 0 Å². The first-order chi connectivity index (χ1) is 11.9. The first kappa shape index (κ1) is 15.4. The fraction of sp³-hybridized carbons (Fsp3) is 0.412. The molecule has 0 amide bonds. The molecule has 7 heteroatoms. The number of rotatable bonds is 5. The maximum atomic E-state index is 4.73. The number of imidazole rings is 1. The van der Waals surface area contributed by atoms with Crippen LogP contribution in [0, 0.1) is 5.92 Å². The van der Waals surface area contributed by atoms with Gasteiger partial charge < -0.3 is 4.98 Å². The zero-order chi connectivity index (χ0) is 16.2. The number of thiazole rings is 1. The van der Waals surface area contributed by atoms with Crippen molar-refractivity contribution < 1.29 is 0 Å². The summed E-state index contributed by atoms with van der Waals surface area (Å²) in [5.41, 5.74) is 3.77. The van der Waals surface area contributed by atoms with Crippen LogP contribution < -0.4 is 0 Å². The number of H-pyrrole nitrogens is 1. The lowest BCUT2D eigenvalue weighted by Gasteiger charge is -2.32. The lowest BCUT2D eigenvalue weighted by Crippen LogP contribution is -2.35. The third-order valence-corrected chi connectivity index (χ3v) is 5.15. The van der Waals surface area contributed by atoms with Gasteiger partial charge in [-0.2, -0.15) is 0 Å². The highest BCUT2D eigenvalue weighted by molar-refractivity contribution is 7.09. The van der Waals surface area contributed by atoms with E-state index in [0.717, 1.165) is 36.7 Å². The highest BCUT2D eigenvalue weighted by atomic mass is 32.1. The van der Waals surface area contributed by atoms with Crippen LogP contribution in [0.1, 0.15) is 23.4 Å². The van der Waals surface area contributed by atoms with E-state index in [1.807, 2.05) is 24.1 Å². The SMILES string of the molecule is c1c[nH]c(-c2cncc(C[C@@H]3CCCN(Cc4cncs4)C3)n2)n1. The van der Waals surface area contributed by atoms with Crippen molar-refractivity contribution in [3.63, 3.8) is 0 Å². The maximum Gasteiger partial charge on any atom is 0.157 e. The van der Waals surface area contributed by atoms with Crippen molar-refractivity contribution in [3.05, 3.63) is 47.1 Å². The quantitative estimate of drug-likeness (QED) is 0.773. The average molecular weight is 340 g/mol. The van der Waals surface area contributed by atoms with Crippen LogP contribution in [-0.4, -0.2) is 42.9 Å². The van der Waals surface area contributed by atoms with E-state index < -0.39 is 0 Å². The Labute approximate surface area is 145 Å². The van der Waals surface area contributed by atoms with Crippen molar-refractivity contribution in [2.75, 3.05) is 13.1 Å². The highest BCUT2D eigenvalue weighted by Crippen LogP contribution is 2.23. The average Bonchev–Trinajstić information content (AvgIpc) is 3.29. The molecule has 3 aromatic heterocycles. The third kappa shape index (κ3) is 3.68. The van der Waals surface area contributed by atoms with Gasteiger partial charge in [-0.05, 0) is 31.7 Å². The summed E-state index contributed by atoms with van der Waals surface area (Å²) in [6.45, 7) is 3.30. The standard InChI is InChI=1S/C17H20N6S/c1-2-13(10-23(5-1)11-15-8-19-12-24-15)6-14-7-18-9-16(22-14)17-20-3-4-21-17/h3-4,7-9,12-13H,1-2,5-6,10-11H2,(H,20,21)/t13-/m0/s1. The second kappa shape index (κ2) is 7.19. The van der Waals surface area contributed by atoms with Crippen LogP contribution in [0.4, 0.5) is 0 Å². The minimum Gasteiger partial charge on any atom is -0.343 e. The van der Waals surface area contributed by atoms with Crippen molar-refractivity contribution in [2.45, 2.75) is 25.8 Å². The van der Waals surface area contributed by atoms with Crippen LogP contribution in [0.5, 0.6) is 0 Å². The van der Waals surface area contributed by atoms with E-state index in [1.165, 1.54) is 24.3 Å². The monoisotopic (exact) mass is 340 g/mol. The Morgan fingerprint density at radius 3 is 3.08 bits per heavy atom. The minimum absolute atomic E-state index is 0.632. The Kier molecular flexibility index (Phi) is 4.62. The molecular weight excluding hydrogens is 320 g/mol. The van der Waals surface area contributed by atoms with Gasteiger partial charge in [-0.15, -0.1) is 11.3 Å². The van der Waals surface area contributed by atoms with Gasteiger partial charge in [0.15, 0.2) is 5.82 Å². The molecule has 124 valence electrons. The Balaban J connectivity index is 1.40. The number of aromatic amines is 1. The largest absolute Gasteiger partial charge is 0.343 e. The van der Waals surface area contributed by atoms with E-state index >= 15 is 0 Å². The van der Waals surface area contributed by atoms with E-state index in [9.17, 15) is 0 Å². The van der Waals surface area contributed by atoms with Gasteiger partial charge in [0, 0.05) is 42.8 Å². The van der Waals surface area contributed by atoms with Gasteiger partial charge in [0.25, 0.3) is 0 Å². The van der Waals surface area contributed by atoms with Crippen LogP contribution in [-0.2, 0) is 13.0 Å². The fourth-order valence-corrected chi connectivity index (χ4v) is 3.96. The Morgan fingerprint density at radius 1 is 1.25 bits per heavy atom. The van der Waals surface area contributed by atoms with Gasteiger partial charge in [0.2, 0.25) is 0 Å². The zero-order valence-electron chi connectivity index (χ0n) is 13.4. The summed E-state index contributed by atoms with van der Waals surface area (Å²) < 4.78 is 0. The molecule has 24 heavy (non-hydrogen) atoms. The van der Waals surface area contributed by atoms with E-state index in [0.29, 0.717) is 5.92 Å². The number of likely N-dealkylation sites (tertiary alicyclic amines) is 1. The number of hydrogen-bond donors (Lipinski definition) is 1. The lowest BCUT2D eigenvalue weighted by atomic mass is 9.93. The molecule has 0 radical (unpaired) electrons. The van der Waals surface area contributed by atoms with Gasteiger partial charge in [0.1, 0.15) is 5.69 Å². The molecule has 0 bridgehead atoms. The van der Waals surface area contributed by atoms with Gasteiger partial charge in [0.05, 0.1) is 17.4 Å². The van der Waals surface area contributed by atoms with Crippen molar-refractivity contribution in [3.8, 4) is 11.5 Å². The Morgan fingerprint density at radius 2 is 2.25 bits per heavy atom. The molecule has 1 aliphatic rings. The van der Waals surface area contributed by atoms with Crippen molar-refractivity contribution in [1.29, 1.82) is 0 Å². The molecule has 4 rings (SSSR count). The first-order valence-electron chi connectivity index (χ1n) is 8.27. The molecule has 0 aliphatic carbocycles. The fourth-order valence-electron chi connectivity index (χ4n) is 3.32. The number of aromatic nitrogens is 5. The highest BCUT2D eigenvalue weighted by Gasteiger charge is 2.21.